The number of amides is 9. The van der Waals surface area contributed by atoms with Crippen LogP contribution >= 0.6 is 11.6 Å². The lowest BCUT2D eigenvalue weighted by Crippen LogP contribution is -2.63. The Morgan fingerprint density at radius 1 is 0.779 bits per heavy atom. The van der Waals surface area contributed by atoms with Gasteiger partial charge in [-0.05, 0) is 126 Å². The summed E-state index contributed by atoms with van der Waals surface area (Å²) >= 11 is 6.90. The number of carboxylic acids is 2. The SMILES string of the molecule is CNN(C)Cc1cc2cccnc2n1CCC(=O)N1CCC(NCCOCCOCCC(=O)N[C@H](C(=O)N[C@@H](C)C(=O)Nc2ccc(COC(=O)N3CCC(N(CCOCCOCCC(=O)O)C(=O)CCC(=O)N(C)[C@@H](C)C(=O)O[C@H]4CC(=O)N(C)c5cc(cc(OC)c5Cl)C/C(C)=C\C=C/[C@@H](OC)[C@@]5(O)C[C@H](OC(=O)N5)[C@@H](C)C5O[C@@]54C)CC3)cc2O[C@@H]2O[C@H](C(=O)O)[C@@H](O)[C@H](O)[C@H]2O)C(C)C)CC1. The van der Waals surface area contributed by atoms with E-state index in [1.807, 2.05) is 43.1 Å². The van der Waals surface area contributed by atoms with E-state index in [1.54, 1.807) is 64.3 Å². The first kappa shape index (κ1) is 111. The number of allylic oxidation sites excluding steroid dienone is 3. The number of methoxy groups -OCH3 is 2. The van der Waals surface area contributed by atoms with E-state index in [0.717, 1.165) is 40.0 Å². The van der Waals surface area contributed by atoms with Crippen LogP contribution in [0.2, 0.25) is 5.02 Å². The third-order valence-corrected chi connectivity index (χ3v) is 26.4. The van der Waals surface area contributed by atoms with Crippen molar-refractivity contribution in [1.82, 2.24) is 60.9 Å². The number of aromatic nitrogens is 2. The minimum atomic E-state index is -2.11. The highest BCUT2D eigenvalue weighted by Crippen LogP contribution is 2.50. The summed E-state index contributed by atoms with van der Waals surface area (Å²) in [7, 11) is 9.47. The summed E-state index contributed by atoms with van der Waals surface area (Å²) in [4.78, 5) is 175. The molecule has 0 spiro atoms. The van der Waals surface area contributed by atoms with E-state index in [1.165, 1.54) is 75.1 Å². The van der Waals surface area contributed by atoms with Crippen molar-refractivity contribution < 1.29 is 145 Å². The van der Waals surface area contributed by atoms with Crippen LogP contribution in [0.5, 0.6) is 11.5 Å². The molecular formula is C95H137ClN14O30. The Bertz CT molecular complexity index is 4990. The van der Waals surface area contributed by atoms with Crippen molar-refractivity contribution in [2.45, 2.75) is 242 Å². The number of pyridine rings is 1. The molecule has 6 aliphatic rings. The molecule has 2 aromatic carbocycles. The Balaban J connectivity index is 0.706. The zero-order chi connectivity index (χ0) is 102. The van der Waals surface area contributed by atoms with Crippen molar-refractivity contribution in [1.29, 1.82) is 0 Å². The van der Waals surface area contributed by atoms with Gasteiger partial charge in [0, 0.05) is 141 Å². The summed E-state index contributed by atoms with van der Waals surface area (Å²) in [6, 6.07) is 9.38. The number of halogens is 1. The zero-order valence-electron chi connectivity index (χ0n) is 81.6. The first-order valence-electron chi connectivity index (χ1n) is 47.2. The number of hydrogen-bond acceptors (Lipinski definition) is 32. The number of nitrogens with zero attached hydrogens (tertiary/aromatic N) is 8. The molecular weight excluding hydrogens is 1850 g/mol. The van der Waals surface area contributed by atoms with E-state index in [4.69, 9.17) is 73.5 Å². The van der Waals surface area contributed by atoms with Gasteiger partial charge in [0.1, 0.15) is 89.1 Å². The number of hydrogen-bond donors (Lipinski definition) is 12. The molecule has 0 saturated carbocycles. The third-order valence-electron chi connectivity index (χ3n) is 26.1. The average Bonchev–Trinajstić information content (AvgIpc) is 1.57. The number of aryl methyl sites for hydroxylation is 1. The molecule has 6 aliphatic heterocycles. The lowest BCUT2D eigenvalue weighted by atomic mass is 9.83. The van der Waals surface area contributed by atoms with Gasteiger partial charge < -0.3 is 138 Å². The molecule has 44 nitrogen and oxygen atoms in total. The predicted octanol–water partition coefficient (Wildman–Crippen LogP) is 3.30. The molecule has 140 heavy (non-hydrogen) atoms. The minimum absolute atomic E-state index is 0.00794. The van der Waals surface area contributed by atoms with Gasteiger partial charge in [-0.2, -0.15) is 0 Å². The molecule has 9 amide bonds. The molecule has 10 rings (SSSR count). The molecule has 45 heteroatoms. The average molecular weight is 1990 g/mol. The normalized spacial score (nSPS) is 24.4. The summed E-state index contributed by atoms with van der Waals surface area (Å²) < 4.78 is 71.6. The molecule has 774 valence electrons. The number of likely N-dealkylation sites (N-methyl/N-ethyl adjacent to an activating group) is 1. The molecule has 12 N–H and O–H groups in total. The quantitative estimate of drug-likeness (QED) is 0.00993. The lowest BCUT2D eigenvalue weighted by molar-refractivity contribution is -0.271. The van der Waals surface area contributed by atoms with Crippen LogP contribution in [0, 0.1) is 11.8 Å². The van der Waals surface area contributed by atoms with Crippen LogP contribution in [0.3, 0.4) is 0 Å². The first-order chi connectivity index (χ1) is 66.6. The van der Waals surface area contributed by atoms with Crippen LogP contribution in [0.15, 0.2) is 78.5 Å². The molecule has 2 aromatic heterocycles. The summed E-state index contributed by atoms with van der Waals surface area (Å²) in [6.45, 7) is 14.8. The summed E-state index contributed by atoms with van der Waals surface area (Å²) in [6.07, 6.45) is -8.69. The number of aliphatic carboxylic acids is 2. The second kappa shape index (κ2) is 52.3. The highest BCUT2D eigenvalue weighted by molar-refractivity contribution is 6.35. The number of aliphatic hydroxyl groups is 4. The minimum Gasteiger partial charge on any atom is -0.495 e. The van der Waals surface area contributed by atoms with Crippen LogP contribution < -0.4 is 46.4 Å². The molecule has 5 saturated heterocycles. The lowest BCUT2D eigenvalue weighted by Gasteiger charge is -2.42. The van der Waals surface area contributed by atoms with Crippen molar-refractivity contribution in [3.63, 3.8) is 0 Å². The third kappa shape index (κ3) is 30.4. The zero-order valence-corrected chi connectivity index (χ0v) is 82.4. The largest absolute Gasteiger partial charge is 0.495 e. The Kier molecular flexibility index (Phi) is 41.5. The van der Waals surface area contributed by atoms with E-state index < -0.39 is 187 Å². The Hall–Kier alpha value is -10.8. The van der Waals surface area contributed by atoms with E-state index in [-0.39, 0.29) is 150 Å². The van der Waals surface area contributed by atoms with E-state index in [2.05, 4.69) is 47.6 Å². The summed E-state index contributed by atoms with van der Waals surface area (Å²) in [5.41, 5.74) is 3.49. The number of ether oxygens (including phenoxy) is 12. The van der Waals surface area contributed by atoms with E-state index in [0.29, 0.717) is 57.7 Å². The maximum Gasteiger partial charge on any atom is 0.410 e. The molecule has 0 aliphatic carbocycles. The molecule has 0 radical (unpaired) electrons. The molecule has 8 heterocycles. The number of rotatable bonds is 45. The topological polar surface area (TPSA) is 550 Å². The maximum atomic E-state index is 14.7. The molecule has 4 bridgehead atoms. The number of anilines is 2. The van der Waals surface area contributed by atoms with Gasteiger partial charge in [0.25, 0.3) is 0 Å². The number of carbonyl (C=O) groups excluding carboxylic acids is 10. The Morgan fingerprint density at radius 3 is 2.13 bits per heavy atom. The number of piperidine rings is 2. The van der Waals surface area contributed by atoms with Crippen LogP contribution in [-0.4, -0.2) is 367 Å². The van der Waals surface area contributed by atoms with Crippen molar-refractivity contribution >= 4 is 105 Å². The second-order valence-electron chi connectivity index (χ2n) is 36.4. The Labute approximate surface area is 817 Å². The van der Waals surface area contributed by atoms with Crippen LogP contribution in [0.1, 0.15) is 136 Å². The van der Waals surface area contributed by atoms with Gasteiger partial charge in [0.15, 0.2) is 11.8 Å². The van der Waals surface area contributed by atoms with E-state index in [9.17, 15) is 83.1 Å². The molecule has 15 atom stereocenters. The number of carboxylic acid groups (broad SMARTS) is 2. The maximum absolute atomic E-state index is 14.7. The number of fused-ring (bicyclic) bond motifs is 6. The van der Waals surface area contributed by atoms with Crippen molar-refractivity contribution in [3.8, 4) is 11.5 Å². The van der Waals surface area contributed by atoms with Crippen LogP contribution in [0.4, 0.5) is 21.0 Å². The first-order valence-corrected chi connectivity index (χ1v) is 47.6. The number of esters is 1. The number of epoxide rings is 1. The number of benzene rings is 2. The number of likely N-dealkylation sites (tertiary alicyclic amines) is 2. The van der Waals surface area contributed by atoms with Crippen LogP contribution in [-0.2, 0) is 121 Å². The standard InChI is InChI=1S/C95H137ClN14O30/c1-55(2)80(102-73(111)28-38-131-42-44-133-40-31-98-63-23-32-107(33-24-63)75(113)27-36-110-65(53-104(9)97-8)50-62-17-15-30-99-86(62)110)88(122)100-58(5)87(121)101-66-20-19-60(48-68(66)136-91-83(120)81(118)82(119)84(139-91)89(123)124)54-135-93(127)108-34-25-64(26-35-108)109(37-41-134-45-43-132-39-29-78(116)117)76(114)22-21-74(112)105(10)59(6)90(125)138-72-51-77(115)106(11)67-47-61(49-69(129-12)79(67)96)46-56(3)16-14-18-71(130-13)95(128)52-70(137-92(126)103-95)57(4)85-94(72,7)140-85/h14-20,30,47-50,55,57-59,63-64,70-72,80-85,91,97-98,118-120,128H,21-29,31-46,51-54H2,1-13H3,(H,100,122)(H,101,121)(H,102,111)(H,103,126)(H,116,117)(H,123,124)/b18-14-,56-16-/t57-,58+,59+,70+,71-,72+,80+,81+,82+,83-,84+,85?,91-,94-,95+/m1/s1. The Morgan fingerprint density at radius 2 is 1.46 bits per heavy atom. The highest BCUT2D eigenvalue weighted by Gasteiger charge is 2.65. The van der Waals surface area contributed by atoms with Gasteiger partial charge in [0.2, 0.25) is 47.6 Å². The van der Waals surface area contributed by atoms with Crippen molar-refractivity contribution in [2.24, 2.45) is 11.8 Å². The predicted molar refractivity (Wildman–Crippen MR) is 504 cm³/mol. The van der Waals surface area contributed by atoms with E-state index >= 15 is 0 Å². The summed E-state index contributed by atoms with van der Waals surface area (Å²) in [5.74, 6) is -8.65. The highest BCUT2D eigenvalue weighted by atomic mass is 35.5. The number of nitrogens with one attached hydrogen (secondary N) is 6. The van der Waals surface area contributed by atoms with Gasteiger partial charge in [-0.25, -0.2) is 29.2 Å². The summed E-state index contributed by atoms with van der Waals surface area (Å²) in [5, 5.41) is 80.4. The van der Waals surface area contributed by atoms with Crippen LogP contribution in [0.25, 0.3) is 11.0 Å². The van der Waals surface area contributed by atoms with Gasteiger partial charge in [0.05, 0.1) is 96.8 Å². The molecule has 1 unspecified atom stereocenters. The van der Waals surface area contributed by atoms with Gasteiger partial charge in [-0.3, -0.25) is 49.1 Å². The molecule has 4 aromatic rings. The fourth-order valence-corrected chi connectivity index (χ4v) is 17.7. The number of alkyl carbamates (subject to hydrolysis) is 1. The fraction of sp³-hybridized carbons (Fsp3) is 0.632. The van der Waals surface area contributed by atoms with Crippen molar-refractivity contribution in [2.75, 3.05) is 145 Å². The van der Waals surface area contributed by atoms with Gasteiger partial charge in [-0.15, -0.1) is 0 Å². The smallest absolute Gasteiger partial charge is 0.410 e. The van der Waals surface area contributed by atoms with Gasteiger partial charge >= 0.3 is 30.1 Å². The monoisotopic (exact) mass is 1990 g/mol. The van der Waals surface area contributed by atoms with Crippen molar-refractivity contribution in [3.05, 3.63) is 100 Å². The fourth-order valence-electron chi connectivity index (χ4n) is 17.4. The van der Waals surface area contributed by atoms with Gasteiger partial charge in [-0.1, -0.05) is 62.2 Å². The number of carbonyl (C=O) groups is 12. The number of aliphatic hydroxyl groups excluding tert-OH is 3. The molecule has 5 fully saturated rings. The second-order valence-corrected chi connectivity index (χ2v) is 36.8. The number of hydrazine groups is 1.